The third-order valence-electron chi connectivity index (χ3n) is 3.22. The fourth-order valence-corrected chi connectivity index (χ4v) is 2.11. The Morgan fingerprint density at radius 1 is 1.05 bits per heavy atom. The zero-order valence-electron chi connectivity index (χ0n) is 11.5. The van der Waals surface area contributed by atoms with Crippen LogP contribution in [0.2, 0.25) is 0 Å². The molecule has 4 nitrogen and oxygen atoms in total. The Bertz CT molecular complexity index is 782. The Hall–Kier alpha value is -2.88. The Labute approximate surface area is 122 Å². The summed E-state index contributed by atoms with van der Waals surface area (Å²) < 4.78 is 4.97. The van der Waals surface area contributed by atoms with Crippen molar-refractivity contribution in [1.29, 1.82) is 0 Å². The topological polar surface area (TPSA) is 51.2 Å². The van der Waals surface area contributed by atoms with E-state index >= 15 is 0 Å². The van der Waals surface area contributed by atoms with Gasteiger partial charge in [-0.25, -0.2) is 4.98 Å². The molecule has 3 rings (SSSR count). The molecule has 1 heterocycles. The van der Waals surface area contributed by atoms with Gasteiger partial charge < -0.3 is 10.1 Å². The number of nitrogens with zero attached hydrogens (tertiary/aromatic N) is 1. The highest BCUT2D eigenvalue weighted by Crippen LogP contribution is 2.19. The van der Waals surface area contributed by atoms with Crippen LogP contribution in [0.5, 0.6) is 5.88 Å². The number of pyridine rings is 1. The van der Waals surface area contributed by atoms with E-state index in [-0.39, 0.29) is 5.91 Å². The largest absolute Gasteiger partial charge is 0.481 e. The van der Waals surface area contributed by atoms with Gasteiger partial charge in [-0.15, -0.1) is 0 Å². The molecular weight excluding hydrogens is 264 g/mol. The van der Waals surface area contributed by atoms with Crippen molar-refractivity contribution in [2.75, 3.05) is 12.4 Å². The van der Waals surface area contributed by atoms with Crippen molar-refractivity contribution >= 4 is 22.4 Å². The van der Waals surface area contributed by atoms with Crippen molar-refractivity contribution in [3.63, 3.8) is 0 Å². The van der Waals surface area contributed by atoms with Crippen LogP contribution in [-0.4, -0.2) is 18.0 Å². The minimum atomic E-state index is -0.194. The van der Waals surface area contributed by atoms with Crippen molar-refractivity contribution in [3.05, 3.63) is 66.4 Å². The molecule has 0 saturated heterocycles. The zero-order chi connectivity index (χ0) is 14.7. The molecule has 2 aromatic carbocycles. The minimum Gasteiger partial charge on any atom is -0.481 e. The summed E-state index contributed by atoms with van der Waals surface area (Å²) in [5.41, 5.74) is 1.25. The van der Waals surface area contributed by atoms with E-state index in [1.54, 1.807) is 12.1 Å². The quantitative estimate of drug-likeness (QED) is 0.797. The highest BCUT2D eigenvalue weighted by atomic mass is 16.5. The first-order valence-electron chi connectivity index (χ1n) is 6.56. The average Bonchev–Trinajstić information content (AvgIpc) is 2.55. The van der Waals surface area contributed by atoms with Gasteiger partial charge in [-0.05, 0) is 29.0 Å². The van der Waals surface area contributed by atoms with Crippen LogP contribution < -0.4 is 10.1 Å². The van der Waals surface area contributed by atoms with Gasteiger partial charge in [0.25, 0.3) is 5.91 Å². The molecule has 0 aliphatic heterocycles. The summed E-state index contributed by atoms with van der Waals surface area (Å²) in [6, 6.07) is 17.2. The number of anilines is 1. The molecule has 0 radical (unpaired) electrons. The monoisotopic (exact) mass is 278 g/mol. The number of fused-ring (bicyclic) bond motifs is 1. The molecule has 3 aromatic rings. The lowest BCUT2D eigenvalue weighted by atomic mass is 10.1. The van der Waals surface area contributed by atoms with Crippen LogP contribution >= 0.6 is 0 Å². The molecule has 21 heavy (non-hydrogen) atoms. The average molecular weight is 278 g/mol. The number of amides is 1. The number of methoxy groups -OCH3 is 1. The van der Waals surface area contributed by atoms with Gasteiger partial charge in [0.15, 0.2) is 0 Å². The first-order valence-corrected chi connectivity index (χ1v) is 6.56. The zero-order valence-corrected chi connectivity index (χ0v) is 11.5. The van der Waals surface area contributed by atoms with E-state index < -0.39 is 0 Å². The summed E-state index contributed by atoms with van der Waals surface area (Å²) in [6.07, 6.45) is 1.50. The van der Waals surface area contributed by atoms with Gasteiger partial charge in [-0.3, -0.25) is 4.79 Å². The number of benzene rings is 2. The summed E-state index contributed by atoms with van der Waals surface area (Å²) in [5, 5.41) is 5.09. The van der Waals surface area contributed by atoms with Crippen molar-refractivity contribution in [2.45, 2.75) is 0 Å². The summed E-state index contributed by atoms with van der Waals surface area (Å²) in [5.74, 6) is 0.290. The van der Waals surface area contributed by atoms with Gasteiger partial charge in [0.05, 0.1) is 12.7 Å². The maximum atomic E-state index is 12.2. The van der Waals surface area contributed by atoms with Crippen LogP contribution in [0.4, 0.5) is 5.69 Å². The van der Waals surface area contributed by atoms with Crippen molar-refractivity contribution in [3.8, 4) is 5.88 Å². The smallest absolute Gasteiger partial charge is 0.257 e. The van der Waals surface area contributed by atoms with Crippen molar-refractivity contribution in [2.24, 2.45) is 0 Å². The Morgan fingerprint density at radius 3 is 2.57 bits per heavy atom. The van der Waals surface area contributed by atoms with Gasteiger partial charge in [-0.1, -0.05) is 30.3 Å². The van der Waals surface area contributed by atoms with Crippen LogP contribution in [0.25, 0.3) is 10.8 Å². The van der Waals surface area contributed by atoms with Crippen molar-refractivity contribution in [1.82, 2.24) is 4.98 Å². The summed E-state index contributed by atoms with van der Waals surface area (Å²) in [6.45, 7) is 0. The molecule has 0 unspecified atom stereocenters. The minimum absolute atomic E-state index is 0.194. The molecule has 1 amide bonds. The number of rotatable bonds is 3. The second kappa shape index (κ2) is 5.63. The molecule has 0 aliphatic carbocycles. The highest BCUT2D eigenvalue weighted by molar-refractivity contribution is 6.05. The lowest BCUT2D eigenvalue weighted by molar-refractivity contribution is 0.102. The number of ether oxygens (including phenoxy) is 1. The molecule has 0 bridgehead atoms. The van der Waals surface area contributed by atoms with Gasteiger partial charge in [0.1, 0.15) is 0 Å². The summed E-state index contributed by atoms with van der Waals surface area (Å²) in [7, 11) is 1.54. The van der Waals surface area contributed by atoms with Gasteiger partial charge in [-0.2, -0.15) is 0 Å². The fourth-order valence-electron chi connectivity index (χ4n) is 2.11. The number of carbonyl (C=O) groups excluding carboxylic acids is 1. The van der Waals surface area contributed by atoms with Gasteiger partial charge in [0, 0.05) is 18.0 Å². The van der Waals surface area contributed by atoms with Crippen LogP contribution in [0.1, 0.15) is 10.4 Å². The number of carbonyl (C=O) groups is 1. The number of aromatic nitrogens is 1. The van der Waals surface area contributed by atoms with E-state index in [9.17, 15) is 4.79 Å². The molecule has 0 fully saturated rings. The molecular formula is C17H14N2O2. The normalized spacial score (nSPS) is 10.3. The fraction of sp³-hybridized carbons (Fsp3) is 0.0588. The van der Waals surface area contributed by atoms with E-state index in [0.29, 0.717) is 11.4 Å². The van der Waals surface area contributed by atoms with Crippen LogP contribution in [-0.2, 0) is 0 Å². The van der Waals surface area contributed by atoms with E-state index in [0.717, 1.165) is 16.5 Å². The van der Waals surface area contributed by atoms with Crippen molar-refractivity contribution < 1.29 is 9.53 Å². The van der Waals surface area contributed by atoms with E-state index in [4.69, 9.17) is 4.74 Å². The molecule has 4 heteroatoms. The molecule has 0 atom stereocenters. The van der Waals surface area contributed by atoms with Crippen LogP contribution in [0.15, 0.2) is 60.8 Å². The SMILES string of the molecule is COc1ccc(C(=O)Nc2ccc3ccccc3c2)cn1. The third kappa shape index (κ3) is 2.84. The predicted octanol–water partition coefficient (Wildman–Crippen LogP) is 3.50. The molecule has 0 spiro atoms. The summed E-state index contributed by atoms with van der Waals surface area (Å²) >= 11 is 0. The van der Waals surface area contributed by atoms with Gasteiger partial charge >= 0.3 is 0 Å². The first-order chi connectivity index (χ1) is 10.3. The third-order valence-corrected chi connectivity index (χ3v) is 3.22. The molecule has 104 valence electrons. The first kappa shape index (κ1) is 13.1. The van der Waals surface area contributed by atoms with Crippen LogP contribution in [0.3, 0.4) is 0 Å². The van der Waals surface area contributed by atoms with E-state index in [2.05, 4.69) is 10.3 Å². The number of hydrogen-bond acceptors (Lipinski definition) is 3. The van der Waals surface area contributed by atoms with E-state index in [1.807, 2.05) is 42.5 Å². The Balaban J connectivity index is 1.81. The Kier molecular flexibility index (Phi) is 3.51. The van der Waals surface area contributed by atoms with Gasteiger partial charge in [0.2, 0.25) is 5.88 Å². The van der Waals surface area contributed by atoms with Crippen LogP contribution in [0, 0.1) is 0 Å². The Morgan fingerprint density at radius 2 is 1.86 bits per heavy atom. The maximum Gasteiger partial charge on any atom is 0.257 e. The highest BCUT2D eigenvalue weighted by Gasteiger charge is 2.07. The molecule has 1 N–H and O–H groups in total. The predicted molar refractivity (Wildman–Crippen MR) is 82.7 cm³/mol. The van der Waals surface area contributed by atoms with E-state index in [1.165, 1.54) is 13.3 Å². The maximum absolute atomic E-state index is 12.2. The number of hydrogen-bond donors (Lipinski definition) is 1. The lowest BCUT2D eigenvalue weighted by Gasteiger charge is -2.07. The lowest BCUT2D eigenvalue weighted by Crippen LogP contribution is -2.12. The standard InChI is InChI=1S/C17H14N2O2/c1-21-16-9-7-14(11-18-16)17(20)19-15-8-6-12-4-2-3-5-13(12)10-15/h2-11H,1H3,(H,19,20). The number of nitrogens with one attached hydrogen (secondary N) is 1. The molecule has 1 aromatic heterocycles. The summed E-state index contributed by atoms with van der Waals surface area (Å²) in [4.78, 5) is 16.2. The second-order valence-corrected chi connectivity index (χ2v) is 4.61. The molecule has 0 saturated carbocycles. The molecule has 0 aliphatic rings. The second-order valence-electron chi connectivity index (χ2n) is 4.61.